The largest absolute Gasteiger partial charge is 0.435 e. The summed E-state index contributed by atoms with van der Waals surface area (Å²) in [6.45, 7) is 0.340. The molecule has 27 heavy (non-hydrogen) atoms. The Balaban J connectivity index is 0.00000261. The molecule has 3 N–H and O–H groups in total. The number of carbonyl (C=O) groups excluding carboxylic acids is 1. The molecule has 1 aliphatic carbocycles. The number of alkyl halides is 3. The van der Waals surface area contributed by atoms with Gasteiger partial charge in [0.1, 0.15) is 5.82 Å². The van der Waals surface area contributed by atoms with Crippen LogP contribution in [0.4, 0.5) is 17.6 Å². The lowest BCUT2D eigenvalue weighted by Crippen LogP contribution is -2.40. The van der Waals surface area contributed by atoms with Gasteiger partial charge in [0.25, 0.3) is 5.91 Å². The Morgan fingerprint density at radius 3 is 2.70 bits per heavy atom. The first-order valence-electron chi connectivity index (χ1n) is 8.11. The summed E-state index contributed by atoms with van der Waals surface area (Å²) < 4.78 is 54.4. The molecule has 1 aromatic heterocycles. The third kappa shape index (κ3) is 4.38. The highest BCUT2D eigenvalue weighted by molar-refractivity contribution is 5.93. The zero-order chi connectivity index (χ0) is 18.9. The Kier molecular flexibility index (Phi) is 6.42. The van der Waals surface area contributed by atoms with Crippen LogP contribution in [0.15, 0.2) is 24.3 Å². The van der Waals surface area contributed by atoms with Crippen LogP contribution in [0.3, 0.4) is 0 Å². The van der Waals surface area contributed by atoms with E-state index in [0.29, 0.717) is 17.6 Å². The number of nitrogens with two attached hydrogens (primary N) is 1. The highest BCUT2D eigenvalue weighted by Gasteiger charge is 2.42. The average molecular weight is 408 g/mol. The summed E-state index contributed by atoms with van der Waals surface area (Å²) in [5.41, 5.74) is 3.27. The Morgan fingerprint density at radius 2 is 2.07 bits per heavy atom. The quantitative estimate of drug-likeness (QED) is 0.763. The van der Waals surface area contributed by atoms with Crippen LogP contribution in [0.1, 0.15) is 35.4 Å². The number of hydrogen-bond donors (Lipinski definition) is 2. The Labute approximate surface area is 158 Å². The second-order valence-corrected chi connectivity index (χ2v) is 6.18. The molecule has 2 unspecified atom stereocenters. The monoisotopic (exact) mass is 407 g/mol. The molecule has 0 radical (unpaired) electrons. The molecule has 1 saturated carbocycles. The number of rotatable bonds is 4. The molecule has 0 aliphatic heterocycles. The summed E-state index contributed by atoms with van der Waals surface area (Å²) in [5, 5.41) is 9.41. The molecule has 11 heteroatoms. The van der Waals surface area contributed by atoms with Crippen molar-refractivity contribution in [2.45, 2.75) is 31.5 Å². The molecule has 0 saturated heterocycles. The van der Waals surface area contributed by atoms with Crippen molar-refractivity contribution in [3.05, 3.63) is 41.5 Å². The molecule has 6 nitrogen and oxygen atoms in total. The SMILES string of the molecule is Cl.NCC1CCCC1NC(=O)c1nnn(-c2cccc(F)c2)c1C(F)(F)F. The second-order valence-electron chi connectivity index (χ2n) is 6.18. The van der Waals surface area contributed by atoms with Gasteiger partial charge in [0.2, 0.25) is 0 Å². The summed E-state index contributed by atoms with van der Waals surface area (Å²) in [4.78, 5) is 12.4. The van der Waals surface area contributed by atoms with Crippen LogP contribution in [0.5, 0.6) is 0 Å². The summed E-state index contributed by atoms with van der Waals surface area (Å²) in [6.07, 6.45) is -2.60. The van der Waals surface area contributed by atoms with Gasteiger partial charge >= 0.3 is 6.18 Å². The predicted octanol–water partition coefficient (Wildman–Crippen LogP) is 2.70. The van der Waals surface area contributed by atoms with E-state index >= 15 is 0 Å². The van der Waals surface area contributed by atoms with Gasteiger partial charge in [-0.3, -0.25) is 4.79 Å². The highest BCUT2D eigenvalue weighted by Crippen LogP contribution is 2.33. The van der Waals surface area contributed by atoms with Crippen LogP contribution < -0.4 is 11.1 Å². The minimum atomic E-state index is -4.90. The van der Waals surface area contributed by atoms with Gasteiger partial charge in [0.15, 0.2) is 11.4 Å². The van der Waals surface area contributed by atoms with E-state index < -0.39 is 29.3 Å². The zero-order valence-electron chi connectivity index (χ0n) is 14.0. The maximum absolute atomic E-state index is 13.6. The topological polar surface area (TPSA) is 85.8 Å². The van der Waals surface area contributed by atoms with E-state index in [9.17, 15) is 22.4 Å². The fourth-order valence-electron chi connectivity index (χ4n) is 3.22. The van der Waals surface area contributed by atoms with Crippen LogP contribution in [-0.4, -0.2) is 33.5 Å². The van der Waals surface area contributed by atoms with E-state index in [4.69, 9.17) is 5.73 Å². The lowest BCUT2D eigenvalue weighted by molar-refractivity contribution is -0.143. The molecular formula is C16H18ClF4N5O. The van der Waals surface area contributed by atoms with E-state index in [-0.39, 0.29) is 30.1 Å². The molecule has 0 bridgehead atoms. The number of halogens is 5. The molecular weight excluding hydrogens is 390 g/mol. The van der Waals surface area contributed by atoms with E-state index in [0.717, 1.165) is 25.0 Å². The van der Waals surface area contributed by atoms with E-state index in [1.54, 1.807) is 0 Å². The number of benzene rings is 1. The van der Waals surface area contributed by atoms with Gasteiger partial charge in [-0.05, 0) is 43.5 Å². The third-order valence-corrected chi connectivity index (χ3v) is 4.48. The number of hydrogen-bond acceptors (Lipinski definition) is 4. The van der Waals surface area contributed by atoms with Gasteiger partial charge < -0.3 is 11.1 Å². The molecule has 1 amide bonds. The van der Waals surface area contributed by atoms with Crippen LogP contribution >= 0.6 is 12.4 Å². The molecule has 2 atom stereocenters. The van der Waals surface area contributed by atoms with Crippen molar-refractivity contribution in [1.29, 1.82) is 0 Å². The molecule has 1 aromatic carbocycles. The number of nitrogens with zero attached hydrogens (tertiary/aromatic N) is 3. The molecule has 1 fully saturated rings. The van der Waals surface area contributed by atoms with Crippen LogP contribution in [-0.2, 0) is 6.18 Å². The Morgan fingerprint density at radius 1 is 1.33 bits per heavy atom. The van der Waals surface area contributed by atoms with Crippen LogP contribution in [0.25, 0.3) is 5.69 Å². The number of carbonyl (C=O) groups is 1. The zero-order valence-corrected chi connectivity index (χ0v) is 14.9. The standard InChI is InChI=1S/C16H17F4N5O.ClH/c17-10-4-2-5-11(7-10)25-14(16(18,19)20)13(23-24-25)15(26)22-12-6-1-3-9(12)8-21;/h2,4-5,7,9,12H,1,3,6,8,21H2,(H,22,26);1H. The molecule has 0 spiro atoms. The van der Waals surface area contributed by atoms with Crippen molar-refractivity contribution in [2.75, 3.05) is 6.54 Å². The lowest BCUT2D eigenvalue weighted by atomic mass is 10.0. The Bertz CT molecular complexity index is 810. The van der Waals surface area contributed by atoms with Gasteiger partial charge in [0.05, 0.1) is 5.69 Å². The van der Waals surface area contributed by atoms with E-state index in [1.807, 2.05) is 0 Å². The summed E-state index contributed by atoms with van der Waals surface area (Å²) in [5.74, 6) is -1.68. The van der Waals surface area contributed by atoms with E-state index in [1.165, 1.54) is 12.1 Å². The average Bonchev–Trinajstić information content (AvgIpc) is 3.20. The number of aromatic nitrogens is 3. The summed E-state index contributed by atoms with van der Waals surface area (Å²) in [6, 6.07) is 4.17. The fraction of sp³-hybridized carbons (Fsp3) is 0.438. The van der Waals surface area contributed by atoms with Crippen molar-refractivity contribution in [3.8, 4) is 5.69 Å². The maximum atomic E-state index is 13.6. The minimum Gasteiger partial charge on any atom is -0.348 e. The smallest absolute Gasteiger partial charge is 0.348 e. The molecule has 1 heterocycles. The maximum Gasteiger partial charge on any atom is 0.435 e. The summed E-state index contributed by atoms with van der Waals surface area (Å²) in [7, 11) is 0. The molecule has 2 aromatic rings. The van der Waals surface area contributed by atoms with Crippen molar-refractivity contribution in [3.63, 3.8) is 0 Å². The van der Waals surface area contributed by atoms with Crippen molar-refractivity contribution in [2.24, 2.45) is 11.7 Å². The van der Waals surface area contributed by atoms with Crippen molar-refractivity contribution < 1.29 is 22.4 Å². The van der Waals surface area contributed by atoms with Gasteiger partial charge in [-0.2, -0.15) is 13.2 Å². The van der Waals surface area contributed by atoms with Gasteiger partial charge in [-0.25, -0.2) is 9.07 Å². The number of nitrogens with one attached hydrogen (secondary N) is 1. The number of amides is 1. The first kappa shape index (κ1) is 21.1. The molecule has 1 aliphatic rings. The van der Waals surface area contributed by atoms with E-state index in [2.05, 4.69) is 15.6 Å². The Hall–Kier alpha value is -2.20. The second kappa shape index (κ2) is 8.22. The van der Waals surface area contributed by atoms with Crippen LogP contribution in [0, 0.1) is 11.7 Å². The minimum absolute atomic E-state index is 0. The lowest BCUT2D eigenvalue weighted by Gasteiger charge is -2.19. The first-order chi connectivity index (χ1) is 12.3. The fourth-order valence-corrected chi connectivity index (χ4v) is 3.22. The molecule has 148 valence electrons. The third-order valence-electron chi connectivity index (χ3n) is 4.48. The van der Waals surface area contributed by atoms with Crippen molar-refractivity contribution >= 4 is 18.3 Å². The normalized spacial score (nSPS) is 19.6. The highest BCUT2D eigenvalue weighted by atomic mass is 35.5. The van der Waals surface area contributed by atoms with Gasteiger partial charge in [0, 0.05) is 6.04 Å². The van der Waals surface area contributed by atoms with Gasteiger partial charge in [-0.15, -0.1) is 17.5 Å². The van der Waals surface area contributed by atoms with Crippen molar-refractivity contribution in [1.82, 2.24) is 20.3 Å². The molecule has 3 rings (SSSR count). The first-order valence-corrected chi connectivity index (χ1v) is 8.11. The van der Waals surface area contributed by atoms with Crippen LogP contribution in [0.2, 0.25) is 0 Å². The predicted molar refractivity (Wildman–Crippen MR) is 91.2 cm³/mol. The van der Waals surface area contributed by atoms with Gasteiger partial charge in [-0.1, -0.05) is 17.7 Å². The summed E-state index contributed by atoms with van der Waals surface area (Å²) >= 11 is 0.